The van der Waals surface area contributed by atoms with E-state index < -0.39 is 10.0 Å². The number of amides is 1. The van der Waals surface area contributed by atoms with Gasteiger partial charge in [0.15, 0.2) is 0 Å². The lowest BCUT2D eigenvalue weighted by molar-refractivity contribution is 0.0300. The highest BCUT2D eigenvalue weighted by molar-refractivity contribution is 7.89. The first-order valence-electron chi connectivity index (χ1n) is 8.60. The smallest absolute Gasteiger partial charge is 0.257 e. The van der Waals surface area contributed by atoms with Gasteiger partial charge in [-0.25, -0.2) is 13.1 Å². The second-order valence-electron chi connectivity index (χ2n) is 6.08. The molecule has 1 heterocycles. The molecule has 0 aromatic heterocycles. The van der Waals surface area contributed by atoms with Crippen molar-refractivity contribution in [3.63, 3.8) is 0 Å². The first-order chi connectivity index (χ1) is 13.0. The Bertz CT molecular complexity index is 894. The lowest BCUT2D eigenvalue weighted by Gasteiger charge is -2.27. The van der Waals surface area contributed by atoms with Crippen LogP contribution in [0, 0.1) is 0 Å². The Labute approximate surface area is 158 Å². The second-order valence-corrected chi connectivity index (χ2v) is 7.84. The predicted octanol–water partition coefficient (Wildman–Crippen LogP) is 1.65. The number of carbonyl (C=O) groups is 1. The Morgan fingerprint density at radius 3 is 2.52 bits per heavy atom. The Hall–Kier alpha value is -2.42. The average Bonchev–Trinajstić information content (AvgIpc) is 2.72. The third-order valence-corrected chi connectivity index (χ3v) is 5.72. The Kier molecular flexibility index (Phi) is 6.10. The van der Waals surface area contributed by atoms with Crippen LogP contribution < -0.4 is 9.46 Å². The maximum absolute atomic E-state index is 12.8. The van der Waals surface area contributed by atoms with E-state index in [1.807, 2.05) is 30.3 Å². The molecule has 3 rings (SSSR count). The number of carbonyl (C=O) groups excluding carboxylic acids is 1. The zero-order valence-corrected chi connectivity index (χ0v) is 15.9. The fourth-order valence-electron chi connectivity index (χ4n) is 2.82. The van der Waals surface area contributed by atoms with Gasteiger partial charge in [-0.15, -0.1) is 0 Å². The van der Waals surface area contributed by atoms with Gasteiger partial charge in [0.2, 0.25) is 10.0 Å². The lowest BCUT2D eigenvalue weighted by atomic mass is 10.1. The number of hydrogen-bond donors (Lipinski definition) is 1. The van der Waals surface area contributed by atoms with Crippen molar-refractivity contribution in [3.8, 4) is 5.75 Å². The minimum atomic E-state index is -3.77. The summed E-state index contributed by atoms with van der Waals surface area (Å²) in [6.45, 7) is 2.02. The number of sulfonamides is 1. The number of methoxy groups -OCH3 is 1. The first kappa shape index (κ1) is 19.3. The van der Waals surface area contributed by atoms with Gasteiger partial charge in [-0.1, -0.05) is 30.3 Å². The van der Waals surface area contributed by atoms with Crippen LogP contribution in [-0.4, -0.2) is 52.6 Å². The van der Waals surface area contributed by atoms with Crippen LogP contribution in [0.5, 0.6) is 5.75 Å². The summed E-state index contributed by atoms with van der Waals surface area (Å²) in [7, 11) is -2.32. The molecule has 144 valence electrons. The van der Waals surface area contributed by atoms with E-state index in [1.54, 1.807) is 4.90 Å². The van der Waals surface area contributed by atoms with Crippen molar-refractivity contribution in [3.05, 3.63) is 59.7 Å². The summed E-state index contributed by atoms with van der Waals surface area (Å²) in [6.07, 6.45) is 0. The molecule has 0 aliphatic carbocycles. The lowest BCUT2D eigenvalue weighted by Crippen LogP contribution is -2.40. The molecule has 0 unspecified atom stereocenters. The van der Waals surface area contributed by atoms with E-state index >= 15 is 0 Å². The predicted molar refractivity (Wildman–Crippen MR) is 100 cm³/mol. The Morgan fingerprint density at radius 1 is 1.15 bits per heavy atom. The third kappa shape index (κ3) is 4.65. The molecule has 7 nitrogen and oxygen atoms in total. The molecule has 1 aliphatic rings. The number of rotatable bonds is 6. The van der Waals surface area contributed by atoms with Crippen molar-refractivity contribution in [1.29, 1.82) is 0 Å². The van der Waals surface area contributed by atoms with E-state index in [9.17, 15) is 13.2 Å². The fraction of sp³-hybridized carbons (Fsp3) is 0.316. The Morgan fingerprint density at radius 2 is 1.85 bits per heavy atom. The molecule has 27 heavy (non-hydrogen) atoms. The minimum absolute atomic E-state index is 0.0239. The van der Waals surface area contributed by atoms with Crippen molar-refractivity contribution in [1.82, 2.24) is 9.62 Å². The van der Waals surface area contributed by atoms with E-state index in [2.05, 4.69) is 4.72 Å². The van der Waals surface area contributed by atoms with Crippen LogP contribution >= 0.6 is 0 Å². The number of ether oxygens (including phenoxy) is 2. The molecule has 1 N–H and O–H groups in total. The number of nitrogens with zero attached hydrogens (tertiary/aromatic N) is 1. The van der Waals surface area contributed by atoms with Crippen molar-refractivity contribution < 1.29 is 22.7 Å². The molecular formula is C19H22N2O5S. The summed E-state index contributed by atoms with van der Waals surface area (Å²) in [5, 5.41) is 0. The zero-order chi connectivity index (χ0) is 19.3. The van der Waals surface area contributed by atoms with Gasteiger partial charge in [-0.05, 0) is 23.8 Å². The molecule has 0 radical (unpaired) electrons. The molecule has 1 amide bonds. The topological polar surface area (TPSA) is 84.9 Å². The van der Waals surface area contributed by atoms with E-state index in [-0.39, 0.29) is 22.9 Å². The maximum atomic E-state index is 12.8. The second kappa shape index (κ2) is 8.51. The standard InChI is InChI=1S/C19H22N2O5S/c1-25-18-8-7-16(13-17(18)19(22)21-9-11-26-12-10-21)27(23,24)20-14-15-5-3-2-4-6-15/h2-8,13,20H,9-12,14H2,1H3. The fourth-order valence-corrected chi connectivity index (χ4v) is 3.86. The van der Waals surface area contributed by atoms with Gasteiger partial charge < -0.3 is 14.4 Å². The van der Waals surface area contributed by atoms with Crippen molar-refractivity contribution in [2.75, 3.05) is 33.4 Å². The zero-order valence-electron chi connectivity index (χ0n) is 15.1. The molecule has 0 spiro atoms. The van der Waals surface area contributed by atoms with Crippen LogP contribution in [0.15, 0.2) is 53.4 Å². The van der Waals surface area contributed by atoms with Crippen molar-refractivity contribution in [2.45, 2.75) is 11.4 Å². The van der Waals surface area contributed by atoms with Gasteiger partial charge in [0.1, 0.15) is 5.75 Å². The van der Waals surface area contributed by atoms with Crippen LogP contribution in [0.2, 0.25) is 0 Å². The van der Waals surface area contributed by atoms with E-state index in [1.165, 1.54) is 25.3 Å². The number of nitrogens with one attached hydrogen (secondary N) is 1. The van der Waals surface area contributed by atoms with E-state index in [0.29, 0.717) is 32.1 Å². The largest absolute Gasteiger partial charge is 0.496 e. The molecular weight excluding hydrogens is 368 g/mol. The third-order valence-electron chi connectivity index (χ3n) is 4.32. The van der Waals surface area contributed by atoms with Gasteiger partial charge in [0, 0.05) is 19.6 Å². The molecule has 2 aromatic rings. The highest BCUT2D eigenvalue weighted by Gasteiger charge is 2.24. The van der Waals surface area contributed by atoms with Gasteiger partial charge in [0.25, 0.3) is 5.91 Å². The normalized spacial score (nSPS) is 14.8. The maximum Gasteiger partial charge on any atom is 0.257 e. The highest BCUT2D eigenvalue weighted by atomic mass is 32.2. The van der Waals surface area contributed by atoms with E-state index in [0.717, 1.165) is 5.56 Å². The first-order valence-corrected chi connectivity index (χ1v) is 10.1. The Balaban J connectivity index is 1.84. The van der Waals surface area contributed by atoms with Crippen LogP contribution in [0.25, 0.3) is 0 Å². The van der Waals surface area contributed by atoms with Crippen molar-refractivity contribution >= 4 is 15.9 Å². The van der Waals surface area contributed by atoms with E-state index in [4.69, 9.17) is 9.47 Å². The summed E-state index contributed by atoms with van der Waals surface area (Å²) in [4.78, 5) is 14.5. The molecule has 1 aliphatic heterocycles. The van der Waals surface area contributed by atoms with Crippen molar-refractivity contribution in [2.24, 2.45) is 0 Å². The molecule has 1 saturated heterocycles. The number of morpholine rings is 1. The average molecular weight is 390 g/mol. The highest BCUT2D eigenvalue weighted by Crippen LogP contribution is 2.24. The summed E-state index contributed by atoms with van der Waals surface area (Å²) in [5.74, 6) is 0.0729. The monoisotopic (exact) mass is 390 g/mol. The molecule has 0 atom stereocenters. The SMILES string of the molecule is COc1ccc(S(=O)(=O)NCc2ccccc2)cc1C(=O)N1CCOCC1. The molecule has 1 fully saturated rings. The molecule has 8 heteroatoms. The number of benzene rings is 2. The van der Waals surface area contributed by atoms with Gasteiger partial charge in [-0.3, -0.25) is 4.79 Å². The molecule has 0 bridgehead atoms. The summed E-state index contributed by atoms with van der Waals surface area (Å²) >= 11 is 0. The summed E-state index contributed by atoms with van der Waals surface area (Å²) in [6, 6.07) is 13.5. The van der Waals surface area contributed by atoms with Crippen LogP contribution in [0.4, 0.5) is 0 Å². The summed E-state index contributed by atoms with van der Waals surface area (Å²) < 4.78 is 38.4. The quantitative estimate of drug-likeness (QED) is 0.811. The van der Waals surface area contributed by atoms with Gasteiger partial charge in [0.05, 0.1) is 30.8 Å². The van der Waals surface area contributed by atoms with Gasteiger partial charge >= 0.3 is 0 Å². The van der Waals surface area contributed by atoms with Crippen LogP contribution in [0.1, 0.15) is 15.9 Å². The van der Waals surface area contributed by atoms with Gasteiger partial charge in [-0.2, -0.15) is 0 Å². The minimum Gasteiger partial charge on any atom is -0.496 e. The number of hydrogen-bond acceptors (Lipinski definition) is 5. The van der Waals surface area contributed by atoms with Crippen LogP contribution in [-0.2, 0) is 21.3 Å². The molecule has 2 aromatic carbocycles. The summed E-state index contributed by atoms with van der Waals surface area (Å²) in [5.41, 5.74) is 1.07. The molecule has 0 saturated carbocycles. The van der Waals surface area contributed by atoms with Crippen LogP contribution in [0.3, 0.4) is 0 Å².